The van der Waals surface area contributed by atoms with Crippen molar-refractivity contribution in [3.63, 3.8) is 0 Å². The molecule has 0 aliphatic carbocycles. The fraction of sp³-hybridized carbons (Fsp3) is 0.600. The molecular weight excluding hydrogens is 567 g/mol. The summed E-state index contributed by atoms with van der Waals surface area (Å²) in [6.07, 6.45) is 1.36. The molecule has 4 rings (SSSR count). The molecule has 42 heavy (non-hydrogen) atoms. The fourth-order valence-electron chi connectivity index (χ4n) is 4.40. The Balaban J connectivity index is 1.70. The summed E-state index contributed by atoms with van der Waals surface area (Å²) in [6.45, 7) is 22.6. The zero-order valence-electron chi connectivity index (χ0n) is 26.9. The maximum absolute atomic E-state index is 12.9. The van der Waals surface area contributed by atoms with Crippen molar-refractivity contribution in [1.29, 1.82) is 0 Å². The molecule has 10 nitrogen and oxygen atoms in total. The summed E-state index contributed by atoms with van der Waals surface area (Å²) in [6, 6.07) is 8.99. The lowest BCUT2D eigenvalue weighted by Crippen LogP contribution is -2.50. The van der Waals surface area contributed by atoms with Crippen molar-refractivity contribution >= 4 is 39.5 Å². The molecule has 0 spiro atoms. The highest BCUT2D eigenvalue weighted by Gasteiger charge is 2.52. The van der Waals surface area contributed by atoms with E-state index in [9.17, 15) is 4.79 Å². The van der Waals surface area contributed by atoms with E-state index in [1.165, 1.54) is 6.33 Å². The molecule has 0 radical (unpaired) electrons. The number of hydrogen-bond acceptors (Lipinski definition) is 8. The minimum absolute atomic E-state index is 0.0281. The van der Waals surface area contributed by atoms with Gasteiger partial charge in [0.05, 0.1) is 12.9 Å². The van der Waals surface area contributed by atoms with E-state index in [0.29, 0.717) is 29.2 Å². The number of rotatable bonds is 9. The van der Waals surface area contributed by atoms with E-state index in [0.717, 1.165) is 0 Å². The van der Waals surface area contributed by atoms with Gasteiger partial charge in [0.15, 0.2) is 39.8 Å². The molecule has 1 aliphatic heterocycles. The number of nitrogens with one attached hydrogen (secondary N) is 1. The Labute approximate surface area is 251 Å². The van der Waals surface area contributed by atoms with Crippen molar-refractivity contribution < 1.29 is 23.1 Å². The third kappa shape index (κ3) is 6.53. The lowest BCUT2D eigenvalue weighted by Gasteiger charge is -2.40. The zero-order valence-corrected chi connectivity index (χ0v) is 28.9. The van der Waals surface area contributed by atoms with Gasteiger partial charge >= 0.3 is 0 Å². The fourth-order valence-corrected chi connectivity index (χ4v) is 6.70. The van der Waals surface area contributed by atoms with Crippen molar-refractivity contribution in [3.05, 3.63) is 48.5 Å². The highest BCUT2D eigenvalue weighted by atomic mass is 28.4. The largest absolute Gasteiger partial charge is 0.414 e. The van der Waals surface area contributed by atoms with Crippen LogP contribution in [0.5, 0.6) is 0 Å². The minimum Gasteiger partial charge on any atom is -0.414 e. The Morgan fingerprint density at radius 1 is 0.952 bits per heavy atom. The summed E-state index contributed by atoms with van der Waals surface area (Å²) < 4.78 is 28.3. The Kier molecular flexibility index (Phi) is 9.18. The smallest absolute Gasteiger partial charge is 0.256 e. The molecule has 3 aromatic rings. The summed E-state index contributed by atoms with van der Waals surface area (Å²) in [7, 11) is -2.60. The molecule has 1 fully saturated rings. The number of amides is 1. The monoisotopic (exact) mass is 613 g/mol. The first-order chi connectivity index (χ1) is 19.5. The number of aromatic nitrogens is 4. The molecule has 1 amide bonds. The molecule has 3 heterocycles. The van der Waals surface area contributed by atoms with Gasteiger partial charge in [-0.2, -0.15) is 0 Å². The maximum atomic E-state index is 12.9. The Hall–Kier alpha value is -2.49. The van der Waals surface area contributed by atoms with Crippen LogP contribution in [0, 0.1) is 0 Å². The van der Waals surface area contributed by atoms with Gasteiger partial charge in [-0.1, -0.05) is 59.7 Å². The van der Waals surface area contributed by atoms with Gasteiger partial charge in [-0.15, -0.1) is 0 Å². The Morgan fingerprint density at radius 3 is 2.19 bits per heavy atom. The van der Waals surface area contributed by atoms with Crippen LogP contribution in [-0.4, -0.2) is 74.1 Å². The van der Waals surface area contributed by atoms with Crippen molar-refractivity contribution in [3.8, 4) is 0 Å². The summed E-state index contributed by atoms with van der Waals surface area (Å²) in [5, 5.41) is 2.91. The average molecular weight is 614 g/mol. The topological polar surface area (TPSA) is 110 Å². The third-order valence-electron chi connectivity index (χ3n) is 9.11. The van der Waals surface area contributed by atoms with Crippen LogP contribution in [0.1, 0.15) is 58.1 Å². The van der Waals surface area contributed by atoms with Gasteiger partial charge in [-0.05, 0) is 48.4 Å². The van der Waals surface area contributed by atoms with Gasteiger partial charge in [-0.3, -0.25) is 9.36 Å². The van der Waals surface area contributed by atoms with Gasteiger partial charge in [0, 0.05) is 12.7 Å². The van der Waals surface area contributed by atoms with Crippen molar-refractivity contribution in [1.82, 2.24) is 19.5 Å². The number of carbonyl (C=O) groups excluding carboxylic acids is 1. The number of imidazole rings is 1. The predicted octanol–water partition coefficient (Wildman–Crippen LogP) is 6.40. The second-order valence-electron chi connectivity index (χ2n) is 14.0. The van der Waals surface area contributed by atoms with Gasteiger partial charge < -0.3 is 23.6 Å². The molecule has 1 saturated heterocycles. The number of hydrogen-bond donors (Lipinski definition) is 1. The Morgan fingerprint density at radius 2 is 1.60 bits per heavy atom. The number of carbonyl (C=O) groups is 1. The molecular formula is C30H47N5O5Si2. The maximum Gasteiger partial charge on any atom is 0.256 e. The predicted molar refractivity (Wildman–Crippen MR) is 170 cm³/mol. The second kappa shape index (κ2) is 11.9. The first-order valence-corrected chi connectivity index (χ1v) is 20.3. The lowest BCUT2D eigenvalue weighted by atomic mass is 10.1. The second-order valence-corrected chi connectivity index (χ2v) is 23.6. The summed E-state index contributed by atoms with van der Waals surface area (Å²) in [5.74, 6) is 0.0530. The average Bonchev–Trinajstić information content (AvgIpc) is 3.48. The third-order valence-corrected chi connectivity index (χ3v) is 18.1. The van der Waals surface area contributed by atoms with Crippen LogP contribution in [0.4, 0.5) is 5.82 Å². The Bertz CT molecular complexity index is 1380. The summed E-state index contributed by atoms with van der Waals surface area (Å²) in [5.41, 5.74) is 1.52. The molecule has 0 saturated carbocycles. The first-order valence-electron chi connectivity index (χ1n) is 14.5. The number of nitrogens with zero attached hydrogens (tertiary/aromatic N) is 4. The quantitative estimate of drug-likeness (QED) is 0.276. The van der Waals surface area contributed by atoms with Crippen LogP contribution in [-0.2, 0) is 18.3 Å². The molecule has 12 heteroatoms. The molecule has 4 atom stereocenters. The van der Waals surface area contributed by atoms with Gasteiger partial charge in [0.1, 0.15) is 24.6 Å². The number of ether oxygens (including phenoxy) is 2. The van der Waals surface area contributed by atoms with Crippen LogP contribution >= 0.6 is 0 Å². The normalized spacial score (nSPS) is 22.1. The van der Waals surface area contributed by atoms with Crippen LogP contribution in [0.2, 0.25) is 36.3 Å². The summed E-state index contributed by atoms with van der Waals surface area (Å²) >= 11 is 0. The highest BCUT2D eigenvalue weighted by Crippen LogP contribution is 2.44. The van der Waals surface area contributed by atoms with E-state index < -0.39 is 29.0 Å². The van der Waals surface area contributed by atoms with E-state index >= 15 is 0 Å². The van der Waals surface area contributed by atoms with Crippen molar-refractivity contribution in [2.24, 2.45) is 0 Å². The van der Waals surface area contributed by atoms with Crippen LogP contribution in [0.25, 0.3) is 11.2 Å². The van der Waals surface area contributed by atoms with Crippen molar-refractivity contribution in [2.75, 3.05) is 19.0 Å². The highest BCUT2D eigenvalue weighted by molar-refractivity contribution is 6.74. The van der Waals surface area contributed by atoms with E-state index in [1.807, 2.05) is 22.8 Å². The summed E-state index contributed by atoms with van der Waals surface area (Å²) in [4.78, 5) is 26.4. The SMILES string of the molecule is CO[C@H]1[C@@H](O[Si](C)(C)C(C)(C)C)[C@H](n2cnc3c(NC(=O)c4ccccc4)ncnc32)O[C@@H]1CO[Si](C)(C)C(C)(C)C. The molecule has 1 aliphatic rings. The number of anilines is 1. The zero-order chi connectivity index (χ0) is 31.1. The van der Waals surface area contributed by atoms with Crippen LogP contribution in [0.3, 0.4) is 0 Å². The minimum atomic E-state index is -2.25. The van der Waals surface area contributed by atoms with Gasteiger partial charge in [-0.25, -0.2) is 15.0 Å². The van der Waals surface area contributed by atoms with Crippen LogP contribution < -0.4 is 5.32 Å². The van der Waals surface area contributed by atoms with E-state index in [2.05, 4.69) is 88.0 Å². The van der Waals surface area contributed by atoms with Gasteiger partial charge in [0.2, 0.25) is 0 Å². The van der Waals surface area contributed by atoms with Crippen LogP contribution in [0.15, 0.2) is 43.0 Å². The lowest BCUT2D eigenvalue weighted by molar-refractivity contribution is -0.0506. The molecule has 1 aromatic carbocycles. The molecule has 0 unspecified atom stereocenters. The standard InChI is InChI=1S/C30H47N5O5Si2/c1-29(2,3)41(8,9)38-17-21-23(37-7)24(40-42(10,11)30(4,5)6)28(39-21)35-19-33-22-25(31-18-32-26(22)35)34-27(36)20-15-13-12-14-16-20/h12-16,18-19,21,23-24,28H,17H2,1-11H3,(H,31,32,34,36)/t21-,23-,24-,28-/m1/s1. The number of fused-ring (bicyclic) bond motifs is 1. The number of methoxy groups -OCH3 is 1. The van der Waals surface area contributed by atoms with Gasteiger partial charge in [0.25, 0.3) is 5.91 Å². The van der Waals surface area contributed by atoms with E-state index in [4.69, 9.17) is 18.3 Å². The molecule has 2 aromatic heterocycles. The molecule has 0 bridgehead atoms. The molecule has 1 N–H and O–H groups in total. The molecule has 230 valence electrons. The van der Waals surface area contributed by atoms with Crippen molar-refractivity contribution in [2.45, 2.75) is 102 Å². The van der Waals surface area contributed by atoms with E-state index in [-0.39, 0.29) is 28.2 Å². The van der Waals surface area contributed by atoms with E-state index in [1.54, 1.807) is 25.6 Å². The first kappa shape index (κ1) is 32.4. The number of benzene rings is 1.